The van der Waals surface area contributed by atoms with Crippen molar-refractivity contribution in [1.82, 2.24) is 25.0 Å². The third-order valence-electron chi connectivity index (χ3n) is 7.57. The molecule has 0 spiro atoms. The first-order chi connectivity index (χ1) is 15.9. The van der Waals surface area contributed by atoms with Gasteiger partial charge in [-0.1, -0.05) is 32.0 Å². The molecule has 2 aliphatic heterocycles. The van der Waals surface area contributed by atoms with E-state index < -0.39 is 0 Å². The Labute approximate surface area is 200 Å². The number of carbonyl (C=O) groups excluding carboxylic acids is 1. The number of benzene rings is 1. The molecule has 2 saturated heterocycles. The zero-order valence-electron chi connectivity index (χ0n) is 20.1. The summed E-state index contributed by atoms with van der Waals surface area (Å²) in [5.74, 6) is 2.61. The van der Waals surface area contributed by atoms with Gasteiger partial charge < -0.3 is 9.88 Å². The van der Waals surface area contributed by atoms with E-state index in [1.165, 1.54) is 41.3 Å². The molecule has 4 heterocycles. The summed E-state index contributed by atoms with van der Waals surface area (Å²) in [6, 6.07) is 10.3. The van der Waals surface area contributed by atoms with E-state index in [1.807, 2.05) is 0 Å². The summed E-state index contributed by atoms with van der Waals surface area (Å²) in [5, 5.41) is 15.6. The first kappa shape index (κ1) is 22.5. The van der Waals surface area contributed by atoms with Crippen LogP contribution in [0.1, 0.15) is 88.1 Å². The maximum absolute atomic E-state index is 12.0. The highest BCUT2D eigenvalue weighted by Gasteiger charge is 2.42. The van der Waals surface area contributed by atoms with E-state index in [2.05, 4.69) is 75.4 Å². The fourth-order valence-corrected chi connectivity index (χ4v) is 7.16. The van der Waals surface area contributed by atoms with Crippen LogP contribution >= 0.6 is 11.3 Å². The van der Waals surface area contributed by atoms with Crippen LogP contribution in [0.2, 0.25) is 0 Å². The lowest BCUT2D eigenvalue weighted by Crippen LogP contribution is -2.45. The molecule has 0 aliphatic carbocycles. The summed E-state index contributed by atoms with van der Waals surface area (Å²) in [6.07, 6.45) is 5.82. The number of thiophene rings is 1. The van der Waals surface area contributed by atoms with E-state index in [-0.39, 0.29) is 11.9 Å². The molecule has 6 nitrogen and oxygen atoms in total. The number of fused-ring (bicyclic) bond motifs is 3. The molecule has 2 fully saturated rings. The van der Waals surface area contributed by atoms with Crippen molar-refractivity contribution in [3.05, 3.63) is 46.9 Å². The number of aryl methyl sites for hydroxylation is 1. The zero-order chi connectivity index (χ0) is 23.1. The molecule has 2 aliphatic rings. The van der Waals surface area contributed by atoms with Crippen molar-refractivity contribution in [2.45, 2.75) is 89.9 Å². The predicted octanol–water partition coefficient (Wildman–Crippen LogP) is 5.36. The lowest BCUT2D eigenvalue weighted by molar-refractivity contribution is -0.119. The SMILES string of the molecule is CC(=O)N[C@@H](CCN1[C@H]2CC[C@H]1CC(n1c(C)nnc1C(C)C)C2)c1csc2ccccc12. The van der Waals surface area contributed by atoms with Gasteiger partial charge in [-0.15, -0.1) is 21.5 Å². The van der Waals surface area contributed by atoms with Gasteiger partial charge in [0, 0.05) is 42.2 Å². The minimum absolute atomic E-state index is 0.0428. The monoisotopic (exact) mass is 465 g/mol. The molecule has 2 aromatic heterocycles. The minimum Gasteiger partial charge on any atom is -0.349 e. The molecule has 0 saturated carbocycles. The summed E-state index contributed by atoms with van der Waals surface area (Å²) in [6.45, 7) is 9.16. The molecule has 5 rings (SSSR count). The molecule has 33 heavy (non-hydrogen) atoms. The molecule has 3 atom stereocenters. The van der Waals surface area contributed by atoms with Gasteiger partial charge in [0.1, 0.15) is 11.6 Å². The zero-order valence-corrected chi connectivity index (χ0v) is 20.9. The third kappa shape index (κ3) is 4.33. The summed E-state index contributed by atoms with van der Waals surface area (Å²) < 4.78 is 3.71. The minimum atomic E-state index is 0.0428. The first-order valence-electron chi connectivity index (χ1n) is 12.3. The molecule has 1 aromatic carbocycles. The molecule has 1 amide bonds. The number of nitrogens with one attached hydrogen (secondary N) is 1. The second kappa shape index (κ2) is 9.18. The Hall–Kier alpha value is -2.25. The Balaban J connectivity index is 1.31. The van der Waals surface area contributed by atoms with Crippen LogP contribution < -0.4 is 5.32 Å². The van der Waals surface area contributed by atoms with Crippen LogP contribution in [0.4, 0.5) is 0 Å². The predicted molar refractivity (Wildman–Crippen MR) is 134 cm³/mol. The van der Waals surface area contributed by atoms with Crippen molar-refractivity contribution in [2.75, 3.05) is 6.54 Å². The summed E-state index contributed by atoms with van der Waals surface area (Å²) in [4.78, 5) is 14.8. The normalized spacial score (nSPS) is 24.0. The lowest BCUT2D eigenvalue weighted by Gasteiger charge is -2.40. The van der Waals surface area contributed by atoms with Crippen molar-refractivity contribution in [3.63, 3.8) is 0 Å². The van der Waals surface area contributed by atoms with E-state index in [0.717, 1.165) is 24.6 Å². The third-order valence-corrected chi connectivity index (χ3v) is 8.56. The number of aromatic nitrogens is 3. The number of piperidine rings is 1. The van der Waals surface area contributed by atoms with Crippen molar-refractivity contribution in [1.29, 1.82) is 0 Å². The molecule has 0 unspecified atom stereocenters. The first-order valence-corrected chi connectivity index (χ1v) is 13.2. The summed E-state index contributed by atoms with van der Waals surface area (Å²) >= 11 is 1.77. The van der Waals surface area contributed by atoms with Crippen LogP contribution in [-0.2, 0) is 4.79 Å². The number of carbonyl (C=O) groups is 1. The largest absolute Gasteiger partial charge is 0.349 e. The van der Waals surface area contributed by atoms with Gasteiger partial charge in [-0.05, 0) is 61.4 Å². The van der Waals surface area contributed by atoms with Crippen LogP contribution in [0.3, 0.4) is 0 Å². The van der Waals surface area contributed by atoms with Gasteiger partial charge in [0.25, 0.3) is 0 Å². The topological polar surface area (TPSA) is 63.1 Å². The average molecular weight is 466 g/mol. The number of hydrogen-bond acceptors (Lipinski definition) is 5. The fraction of sp³-hybridized carbons (Fsp3) is 0.577. The van der Waals surface area contributed by atoms with Gasteiger partial charge >= 0.3 is 0 Å². The van der Waals surface area contributed by atoms with Crippen LogP contribution in [-0.4, -0.2) is 44.2 Å². The van der Waals surface area contributed by atoms with Gasteiger partial charge in [-0.2, -0.15) is 0 Å². The highest BCUT2D eigenvalue weighted by molar-refractivity contribution is 7.17. The molecule has 7 heteroatoms. The second-order valence-corrected chi connectivity index (χ2v) is 11.0. The Morgan fingerprint density at radius 2 is 1.88 bits per heavy atom. The number of nitrogens with zero attached hydrogens (tertiary/aromatic N) is 4. The molecule has 2 bridgehead atoms. The fourth-order valence-electron chi connectivity index (χ4n) is 6.15. The van der Waals surface area contributed by atoms with Crippen LogP contribution in [0.15, 0.2) is 29.6 Å². The molecular formula is C26H35N5OS. The standard InChI is InChI=1S/C26H35N5OS/c1-16(2)26-29-28-17(3)31(26)21-13-19-9-10-20(14-21)30(19)12-11-24(27-18(4)32)23-15-33-25-8-6-5-7-22(23)25/h5-8,15-16,19-21,24H,9-14H2,1-4H3,(H,27,32)/t19-,20-,24-/m0/s1. The van der Waals surface area contributed by atoms with Gasteiger partial charge in [0.05, 0.1) is 6.04 Å². The summed E-state index contributed by atoms with van der Waals surface area (Å²) in [5.41, 5.74) is 1.26. The summed E-state index contributed by atoms with van der Waals surface area (Å²) in [7, 11) is 0. The maximum atomic E-state index is 12.0. The molecular weight excluding hydrogens is 430 g/mol. The van der Waals surface area contributed by atoms with Gasteiger partial charge in [0.2, 0.25) is 5.91 Å². The highest BCUT2D eigenvalue weighted by atomic mass is 32.1. The molecule has 176 valence electrons. The highest BCUT2D eigenvalue weighted by Crippen LogP contribution is 2.42. The van der Waals surface area contributed by atoms with Crippen molar-refractivity contribution in [2.24, 2.45) is 0 Å². The van der Waals surface area contributed by atoms with Crippen molar-refractivity contribution >= 4 is 27.3 Å². The van der Waals surface area contributed by atoms with E-state index in [4.69, 9.17) is 0 Å². The van der Waals surface area contributed by atoms with Crippen molar-refractivity contribution in [3.8, 4) is 0 Å². The number of hydrogen-bond donors (Lipinski definition) is 1. The molecule has 0 radical (unpaired) electrons. The Kier molecular flexibility index (Phi) is 6.27. The van der Waals surface area contributed by atoms with Gasteiger partial charge in [-0.25, -0.2) is 0 Å². The van der Waals surface area contributed by atoms with Crippen LogP contribution in [0, 0.1) is 6.92 Å². The second-order valence-electron chi connectivity index (χ2n) is 10.1. The van der Waals surface area contributed by atoms with Gasteiger partial charge in [-0.3, -0.25) is 9.69 Å². The quantitative estimate of drug-likeness (QED) is 0.510. The van der Waals surface area contributed by atoms with E-state index in [9.17, 15) is 4.79 Å². The van der Waals surface area contributed by atoms with Crippen molar-refractivity contribution < 1.29 is 4.79 Å². The van der Waals surface area contributed by atoms with Crippen LogP contribution in [0.25, 0.3) is 10.1 Å². The Morgan fingerprint density at radius 1 is 1.15 bits per heavy atom. The number of rotatable bonds is 7. The lowest BCUT2D eigenvalue weighted by atomic mass is 9.95. The maximum Gasteiger partial charge on any atom is 0.217 e. The van der Waals surface area contributed by atoms with E-state index >= 15 is 0 Å². The van der Waals surface area contributed by atoms with Gasteiger partial charge in [0.15, 0.2) is 0 Å². The molecule has 1 N–H and O–H groups in total. The van der Waals surface area contributed by atoms with E-state index in [0.29, 0.717) is 24.0 Å². The van der Waals surface area contributed by atoms with E-state index in [1.54, 1.807) is 18.3 Å². The Bertz CT molecular complexity index is 1120. The molecule has 3 aromatic rings. The average Bonchev–Trinajstić information content (AvgIpc) is 3.44. The Morgan fingerprint density at radius 3 is 2.58 bits per heavy atom. The smallest absolute Gasteiger partial charge is 0.217 e. The number of amides is 1. The van der Waals surface area contributed by atoms with Crippen LogP contribution in [0.5, 0.6) is 0 Å².